The Hall–Kier alpha value is -0.860. The number of rotatable bonds is 4. The Labute approximate surface area is 100 Å². The molecule has 0 aliphatic carbocycles. The molecular weight excluding hydrogens is 196 g/mol. The third kappa shape index (κ3) is 9.69. The molecule has 1 aromatic carbocycles. The summed E-state index contributed by atoms with van der Waals surface area (Å²) in [6, 6.07) is 11.5. The van der Waals surface area contributed by atoms with Crippen LogP contribution in [-0.2, 0) is 6.42 Å². The minimum atomic E-state index is 0.625. The van der Waals surface area contributed by atoms with E-state index in [9.17, 15) is 0 Å². The first-order valence-corrected chi connectivity index (χ1v) is 6.06. The first-order chi connectivity index (χ1) is 7.56. The van der Waals surface area contributed by atoms with Crippen molar-refractivity contribution in [2.75, 3.05) is 6.54 Å². The molecule has 2 nitrogen and oxygen atoms in total. The van der Waals surface area contributed by atoms with Crippen molar-refractivity contribution in [2.24, 2.45) is 5.73 Å². The largest absolute Gasteiger partial charge is 0.330 e. The first-order valence-electron chi connectivity index (χ1n) is 6.06. The van der Waals surface area contributed by atoms with E-state index in [0.717, 1.165) is 13.0 Å². The fourth-order valence-corrected chi connectivity index (χ4v) is 1.48. The van der Waals surface area contributed by atoms with Gasteiger partial charge in [0.25, 0.3) is 0 Å². The molecule has 0 unspecified atom stereocenters. The van der Waals surface area contributed by atoms with E-state index in [1.165, 1.54) is 5.56 Å². The molecule has 92 valence electrons. The summed E-state index contributed by atoms with van der Waals surface area (Å²) in [4.78, 5) is 0. The molecule has 0 saturated heterocycles. The molecule has 0 saturated carbocycles. The SMILES string of the molecule is CC(C)NC(C)C.NCCc1ccccc1. The van der Waals surface area contributed by atoms with E-state index in [4.69, 9.17) is 5.73 Å². The molecule has 2 heteroatoms. The third-order valence-electron chi connectivity index (χ3n) is 1.94. The third-order valence-corrected chi connectivity index (χ3v) is 1.94. The quantitative estimate of drug-likeness (QED) is 0.821. The van der Waals surface area contributed by atoms with E-state index in [0.29, 0.717) is 12.1 Å². The van der Waals surface area contributed by atoms with Gasteiger partial charge in [-0.1, -0.05) is 58.0 Å². The fraction of sp³-hybridized carbons (Fsp3) is 0.571. The van der Waals surface area contributed by atoms with Gasteiger partial charge in [-0.25, -0.2) is 0 Å². The van der Waals surface area contributed by atoms with Crippen LogP contribution in [0, 0.1) is 0 Å². The molecule has 0 aliphatic rings. The molecule has 0 radical (unpaired) electrons. The molecule has 3 N–H and O–H groups in total. The van der Waals surface area contributed by atoms with Crippen molar-refractivity contribution in [2.45, 2.75) is 46.2 Å². The van der Waals surface area contributed by atoms with Gasteiger partial charge in [0.1, 0.15) is 0 Å². The Kier molecular flexibility index (Phi) is 8.87. The van der Waals surface area contributed by atoms with E-state index in [1.807, 2.05) is 18.2 Å². The summed E-state index contributed by atoms with van der Waals surface area (Å²) in [5.41, 5.74) is 6.68. The lowest BCUT2D eigenvalue weighted by atomic mass is 10.2. The van der Waals surface area contributed by atoms with Crippen LogP contribution in [0.25, 0.3) is 0 Å². The van der Waals surface area contributed by atoms with Crippen molar-refractivity contribution in [3.63, 3.8) is 0 Å². The maximum absolute atomic E-state index is 5.36. The van der Waals surface area contributed by atoms with Crippen LogP contribution >= 0.6 is 0 Å². The Bertz CT molecular complexity index is 236. The molecular formula is C14H26N2. The monoisotopic (exact) mass is 222 g/mol. The predicted molar refractivity (Wildman–Crippen MR) is 72.6 cm³/mol. The molecule has 1 aromatic rings. The minimum Gasteiger partial charge on any atom is -0.330 e. The molecule has 0 aromatic heterocycles. The van der Waals surface area contributed by atoms with Gasteiger partial charge in [0.05, 0.1) is 0 Å². The van der Waals surface area contributed by atoms with Crippen molar-refractivity contribution >= 4 is 0 Å². The van der Waals surface area contributed by atoms with E-state index >= 15 is 0 Å². The topological polar surface area (TPSA) is 38.0 Å². The molecule has 0 aliphatic heterocycles. The predicted octanol–water partition coefficient (Wildman–Crippen LogP) is 2.58. The van der Waals surface area contributed by atoms with Gasteiger partial charge in [0.15, 0.2) is 0 Å². The second-order valence-electron chi connectivity index (χ2n) is 4.50. The summed E-state index contributed by atoms with van der Waals surface area (Å²) >= 11 is 0. The number of nitrogens with one attached hydrogen (secondary N) is 1. The van der Waals surface area contributed by atoms with Gasteiger partial charge >= 0.3 is 0 Å². The van der Waals surface area contributed by atoms with Crippen molar-refractivity contribution in [3.8, 4) is 0 Å². The average Bonchev–Trinajstić information content (AvgIpc) is 2.18. The normalized spacial score (nSPS) is 10.2. The second-order valence-corrected chi connectivity index (χ2v) is 4.50. The lowest BCUT2D eigenvalue weighted by Crippen LogP contribution is -2.29. The van der Waals surface area contributed by atoms with Crippen LogP contribution in [0.4, 0.5) is 0 Å². The highest BCUT2D eigenvalue weighted by atomic mass is 14.9. The molecule has 0 atom stereocenters. The highest BCUT2D eigenvalue weighted by Crippen LogP contribution is 1.96. The average molecular weight is 222 g/mol. The Morgan fingerprint density at radius 2 is 1.50 bits per heavy atom. The molecule has 0 bridgehead atoms. The Morgan fingerprint density at radius 3 is 1.81 bits per heavy atom. The van der Waals surface area contributed by atoms with Gasteiger partial charge in [-0.2, -0.15) is 0 Å². The number of benzene rings is 1. The van der Waals surface area contributed by atoms with Crippen molar-refractivity contribution in [3.05, 3.63) is 35.9 Å². The first kappa shape index (κ1) is 15.1. The summed E-state index contributed by atoms with van der Waals surface area (Å²) < 4.78 is 0. The zero-order valence-corrected chi connectivity index (χ0v) is 11.0. The molecule has 0 amide bonds. The second kappa shape index (κ2) is 9.37. The van der Waals surface area contributed by atoms with E-state index in [2.05, 4.69) is 45.1 Å². The van der Waals surface area contributed by atoms with Crippen LogP contribution in [0.5, 0.6) is 0 Å². The number of nitrogens with two attached hydrogens (primary N) is 1. The van der Waals surface area contributed by atoms with Gasteiger partial charge < -0.3 is 11.1 Å². The molecule has 0 heterocycles. The van der Waals surface area contributed by atoms with Gasteiger partial charge in [0.2, 0.25) is 0 Å². The van der Waals surface area contributed by atoms with Crippen LogP contribution in [0.1, 0.15) is 33.3 Å². The maximum Gasteiger partial charge on any atom is 0.00127 e. The number of hydrogen-bond donors (Lipinski definition) is 2. The lowest BCUT2D eigenvalue weighted by molar-refractivity contribution is 0.518. The summed E-state index contributed by atoms with van der Waals surface area (Å²) in [6.45, 7) is 9.35. The number of hydrogen-bond acceptors (Lipinski definition) is 2. The van der Waals surface area contributed by atoms with Crippen LogP contribution in [0.2, 0.25) is 0 Å². The lowest BCUT2D eigenvalue weighted by Gasteiger charge is -2.10. The Balaban J connectivity index is 0.000000293. The van der Waals surface area contributed by atoms with Crippen LogP contribution in [0.3, 0.4) is 0 Å². The van der Waals surface area contributed by atoms with Crippen LogP contribution < -0.4 is 11.1 Å². The van der Waals surface area contributed by atoms with E-state index in [-0.39, 0.29) is 0 Å². The summed E-state index contributed by atoms with van der Waals surface area (Å²) in [5.74, 6) is 0. The molecule has 1 rings (SSSR count). The molecule has 0 fully saturated rings. The molecule has 0 spiro atoms. The van der Waals surface area contributed by atoms with Crippen LogP contribution in [0.15, 0.2) is 30.3 Å². The van der Waals surface area contributed by atoms with Crippen LogP contribution in [-0.4, -0.2) is 18.6 Å². The minimum absolute atomic E-state index is 0.625. The van der Waals surface area contributed by atoms with E-state index < -0.39 is 0 Å². The Morgan fingerprint density at radius 1 is 1.00 bits per heavy atom. The van der Waals surface area contributed by atoms with Crippen molar-refractivity contribution in [1.82, 2.24) is 5.32 Å². The van der Waals surface area contributed by atoms with Crippen molar-refractivity contribution in [1.29, 1.82) is 0 Å². The maximum atomic E-state index is 5.36. The molecule has 16 heavy (non-hydrogen) atoms. The standard InChI is InChI=1S/C8H11N.C6H15N/c9-7-6-8-4-2-1-3-5-8;1-5(2)7-6(3)4/h1-5H,6-7,9H2;5-7H,1-4H3. The van der Waals surface area contributed by atoms with Gasteiger partial charge in [-0.15, -0.1) is 0 Å². The zero-order valence-electron chi connectivity index (χ0n) is 11.0. The highest BCUT2D eigenvalue weighted by Gasteiger charge is 1.92. The summed E-state index contributed by atoms with van der Waals surface area (Å²) in [5, 5.41) is 3.31. The van der Waals surface area contributed by atoms with Crippen molar-refractivity contribution < 1.29 is 0 Å². The summed E-state index contributed by atoms with van der Waals surface area (Å²) in [6.07, 6.45) is 0.987. The zero-order chi connectivity index (χ0) is 12.4. The summed E-state index contributed by atoms with van der Waals surface area (Å²) in [7, 11) is 0. The van der Waals surface area contributed by atoms with E-state index in [1.54, 1.807) is 0 Å². The fourth-order valence-electron chi connectivity index (χ4n) is 1.48. The van der Waals surface area contributed by atoms with Gasteiger partial charge in [0, 0.05) is 12.1 Å². The van der Waals surface area contributed by atoms with Gasteiger partial charge in [-0.05, 0) is 18.5 Å². The smallest absolute Gasteiger partial charge is 0.00127 e. The van der Waals surface area contributed by atoms with Gasteiger partial charge in [-0.3, -0.25) is 0 Å². The highest BCUT2D eigenvalue weighted by molar-refractivity contribution is 5.14.